The van der Waals surface area contributed by atoms with Crippen LogP contribution in [0.2, 0.25) is 0 Å². The number of carbonyl (C=O) groups excluding carboxylic acids is 2. The number of nitrogens with zero attached hydrogens (tertiary/aromatic N) is 5. The van der Waals surface area contributed by atoms with Gasteiger partial charge < -0.3 is 19.7 Å². The van der Waals surface area contributed by atoms with Gasteiger partial charge in [-0.05, 0) is 53.4 Å². The van der Waals surface area contributed by atoms with Crippen molar-refractivity contribution in [3.05, 3.63) is 100 Å². The zero-order chi connectivity index (χ0) is 25.6. The molecule has 0 saturated carbocycles. The van der Waals surface area contributed by atoms with Gasteiger partial charge in [-0.15, -0.1) is 11.3 Å². The van der Waals surface area contributed by atoms with E-state index >= 15 is 0 Å². The van der Waals surface area contributed by atoms with E-state index in [1.54, 1.807) is 24.7 Å². The monoisotopic (exact) mass is 510 g/mol. The maximum Gasteiger partial charge on any atom is 0.264 e. The van der Waals surface area contributed by atoms with E-state index in [1.807, 2.05) is 63.4 Å². The van der Waals surface area contributed by atoms with Crippen LogP contribution in [-0.4, -0.2) is 52.4 Å². The van der Waals surface area contributed by atoms with Gasteiger partial charge in [0.2, 0.25) is 5.91 Å². The summed E-state index contributed by atoms with van der Waals surface area (Å²) in [6, 6.07) is 21.1. The molecule has 2 amide bonds. The molecule has 8 nitrogen and oxygen atoms in total. The molecule has 2 aromatic heterocycles. The van der Waals surface area contributed by atoms with Gasteiger partial charge in [-0.2, -0.15) is 5.26 Å². The minimum atomic E-state index is -0.116. The number of aromatic nitrogens is 2. The lowest BCUT2D eigenvalue weighted by molar-refractivity contribution is -0.115. The minimum absolute atomic E-state index is 0.103. The van der Waals surface area contributed by atoms with Gasteiger partial charge in [-0.3, -0.25) is 9.59 Å². The van der Waals surface area contributed by atoms with Crippen molar-refractivity contribution < 1.29 is 9.59 Å². The smallest absolute Gasteiger partial charge is 0.264 e. The first kappa shape index (κ1) is 24.3. The number of amides is 2. The first-order valence-electron chi connectivity index (χ1n) is 12.0. The second-order valence-electron chi connectivity index (χ2n) is 8.85. The van der Waals surface area contributed by atoms with Crippen molar-refractivity contribution >= 4 is 34.5 Å². The Morgan fingerprint density at radius 2 is 1.76 bits per heavy atom. The number of carbonyl (C=O) groups is 2. The van der Waals surface area contributed by atoms with E-state index in [2.05, 4.69) is 21.3 Å². The van der Waals surface area contributed by atoms with E-state index in [9.17, 15) is 9.59 Å². The minimum Gasteiger partial charge on any atom is -0.368 e. The van der Waals surface area contributed by atoms with E-state index in [4.69, 9.17) is 5.26 Å². The van der Waals surface area contributed by atoms with Crippen LogP contribution in [0.5, 0.6) is 0 Å². The molecule has 0 spiro atoms. The van der Waals surface area contributed by atoms with Crippen molar-refractivity contribution in [3.8, 4) is 6.07 Å². The van der Waals surface area contributed by atoms with Crippen molar-refractivity contribution in [2.24, 2.45) is 0 Å². The number of thiophene rings is 1. The zero-order valence-electron chi connectivity index (χ0n) is 20.2. The summed E-state index contributed by atoms with van der Waals surface area (Å²) in [7, 11) is 0. The van der Waals surface area contributed by atoms with E-state index < -0.39 is 0 Å². The van der Waals surface area contributed by atoms with Crippen LogP contribution in [0.25, 0.3) is 0 Å². The molecule has 9 heteroatoms. The molecule has 186 valence electrons. The molecule has 5 rings (SSSR count). The van der Waals surface area contributed by atoms with Crippen molar-refractivity contribution in [2.45, 2.75) is 13.0 Å². The average Bonchev–Trinajstić information content (AvgIpc) is 3.62. The highest BCUT2D eigenvalue weighted by atomic mass is 32.1. The Morgan fingerprint density at radius 3 is 2.43 bits per heavy atom. The molecule has 0 atom stereocenters. The van der Waals surface area contributed by atoms with Crippen molar-refractivity contribution in [1.82, 2.24) is 14.5 Å². The SMILES string of the molecule is N#Cc1ccc(Cn2cncc2CC(=O)Nc2ccc(N3CCN(C(=O)c4cccs4)CC3)cc2)cc1. The van der Waals surface area contributed by atoms with E-state index in [1.165, 1.54) is 11.3 Å². The summed E-state index contributed by atoms with van der Waals surface area (Å²) >= 11 is 1.48. The number of nitriles is 1. The Hall–Kier alpha value is -4.42. The van der Waals surface area contributed by atoms with Crippen molar-refractivity contribution in [1.29, 1.82) is 5.26 Å². The molecule has 2 aromatic carbocycles. The van der Waals surface area contributed by atoms with E-state index in [0.717, 1.165) is 40.6 Å². The van der Waals surface area contributed by atoms with Gasteiger partial charge in [0.1, 0.15) is 0 Å². The largest absolute Gasteiger partial charge is 0.368 e. The number of imidazole rings is 1. The predicted octanol–water partition coefficient (Wildman–Crippen LogP) is 4.01. The number of benzene rings is 2. The summed E-state index contributed by atoms with van der Waals surface area (Å²) in [6.45, 7) is 3.49. The first-order chi connectivity index (χ1) is 18.1. The third-order valence-corrected chi connectivity index (χ3v) is 7.25. The topological polar surface area (TPSA) is 94.3 Å². The molecule has 0 aliphatic carbocycles. The molecule has 0 unspecified atom stereocenters. The Kier molecular flexibility index (Phi) is 7.28. The lowest BCUT2D eigenvalue weighted by Crippen LogP contribution is -2.48. The van der Waals surface area contributed by atoms with Gasteiger partial charge >= 0.3 is 0 Å². The summed E-state index contributed by atoms with van der Waals surface area (Å²) < 4.78 is 1.94. The van der Waals surface area contributed by atoms with Gasteiger partial charge in [-0.1, -0.05) is 18.2 Å². The maximum atomic E-state index is 12.7. The summed E-state index contributed by atoms with van der Waals surface area (Å²) in [5, 5.41) is 13.9. The number of rotatable bonds is 7. The maximum absolute atomic E-state index is 12.7. The van der Waals surface area contributed by atoms with Crippen LogP contribution in [0.1, 0.15) is 26.5 Å². The highest BCUT2D eigenvalue weighted by molar-refractivity contribution is 7.12. The third kappa shape index (κ3) is 5.88. The quantitative estimate of drug-likeness (QED) is 0.406. The first-order valence-corrected chi connectivity index (χ1v) is 12.9. The van der Waals surface area contributed by atoms with E-state index in [0.29, 0.717) is 25.2 Å². The number of piperazine rings is 1. The van der Waals surface area contributed by atoms with Crippen LogP contribution in [0, 0.1) is 11.3 Å². The Balaban J connectivity index is 1.13. The summed E-state index contributed by atoms with van der Waals surface area (Å²) in [5.41, 5.74) is 4.27. The Bertz CT molecular complexity index is 1400. The second kappa shape index (κ2) is 11.1. The molecule has 1 N–H and O–H groups in total. The normalized spacial score (nSPS) is 13.3. The van der Waals surface area contributed by atoms with Crippen LogP contribution >= 0.6 is 11.3 Å². The second-order valence-corrected chi connectivity index (χ2v) is 9.80. The highest BCUT2D eigenvalue weighted by Gasteiger charge is 2.23. The van der Waals surface area contributed by atoms with Crippen LogP contribution < -0.4 is 10.2 Å². The summed E-state index contributed by atoms with van der Waals surface area (Å²) in [6.07, 6.45) is 3.62. The predicted molar refractivity (Wildman–Crippen MR) is 144 cm³/mol. The summed E-state index contributed by atoms with van der Waals surface area (Å²) in [4.78, 5) is 34.4. The fourth-order valence-electron chi connectivity index (χ4n) is 4.37. The molecule has 4 aromatic rings. The molecule has 1 aliphatic rings. The Labute approximate surface area is 219 Å². The van der Waals surface area contributed by atoms with Gasteiger partial charge in [0, 0.05) is 56.0 Å². The van der Waals surface area contributed by atoms with Gasteiger partial charge in [0.25, 0.3) is 5.91 Å². The number of hydrogen-bond acceptors (Lipinski definition) is 6. The van der Waals surface area contributed by atoms with Crippen LogP contribution in [0.15, 0.2) is 78.6 Å². The molecule has 1 fully saturated rings. The molecular weight excluding hydrogens is 484 g/mol. The molecule has 37 heavy (non-hydrogen) atoms. The van der Waals surface area contributed by atoms with Gasteiger partial charge in [-0.25, -0.2) is 4.98 Å². The molecule has 1 aliphatic heterocycles. The fraction of sp³-hybridized carbons (Fsp3) is 0.214. The lowest BCUT2D eigenvalue weighted by atomic mass is 10.1. The molecule has 3 heterocycles. The number of hydrogen-bond donors (Lipinski definition) is 1. The lowest BCUT2D eigenvalue weighted by Gasteiger charge is -2.36. The van der Waals surface area contributed by atoms with E-state index in [-0.39, 0.29) is 18.2 Å². The standard InChI is InChI=1S/C28H26N6O2S/c29-17-21-3-5-22(6-4-21)19-34-20-30-18-25(34)16-27(35)31-23-7-9-24(10-8-23)32-11-13-33(14-12-32)28(36)26-2-1-15-37-26/h1-10,15,18,20H,11-14,16,19H2,(H,31,35). The fourth-order valence-corrected chi connectivity index (χ4v) is 5.06. The van der Waals surface area contributed by atoms with Gasteiger partial charge in [0.15, 0.2) is 0 Å². The Morgan fingerprint density at radius 1 is 1.00 bits per heavy atom. The highest BCUT2D eigenvalue weighted by Crippen LogP contribution is 2.21. The zero-order valence-corrected chi connectivity index (χ0v) is 21.0. The van der Waals surface area contributed by atoms with Gasteiger partial charge in [0.05, 0.1) is 29.3 Å². The van der Waals surface area contributed by atoms with Crippen molar-refractivity contribution in [2.75, 3.05) is 36.4 Å². The van der Waals surface area contributed by atoms with Crippen LogP contribution in [0.4, 0.5) is 11.4 Å². The average molecular weight is 511 g/mol. The number of nitrogens with one attached hydrogen (secondary N) is 1. The molecule has 1 saturated heterocycles. The summed E-state index contributed by atoms with van der Waals surface area (Å²) in [5.74, 6) is -0.0130. The van der Waals surface area contributed by atoms with Crippen molar-refractivity contribution in [3.63, 3.8) is 0 Å². The third-order valence-electron chi connectivity index (χ3n) is 6.39. The number of anilines is 2. The van der Waals surface area contributed by atoms with Crippen LogP contribution in [-0.2, 0) is 17.8 Å². The molecular formula is C28H26N6O2S. The van der Waals surface area contributed by atoms with Crippen LogP contribution in [0.3, 0.4) is 0 Å². The molecule has 0 bridgehead atoms. The molecule has 0 radical (unpaired) electrons.